The quantitative estimate of drug-likeness (QED) is 0.848. The maximum atomic E-state index is 12.5. The number of rotatable bonds is 4. The van der Waals surface area contributed by atoms with Gasteiger partial charge in [0, 0.05) is 16.8 Å². The lowest BCUT2D eigenvalue weighted by Crippen LogP contribution is -2.43. The van der Waals surface area contributed by atoms with Crippen molar-refractivity contribution < 1.29 is 14.3 Å². The molecule has 2 heterocycles. The molecule has 0 atom stereocenters. The second-order valence-electron chi connectivity index (χ2n) is 6.33. The number of cyclic esters (lactones) is 1. The van der Waals surface area contributed by atoms with Crippen LogP contribution in [0.15, 0.2) is 42.5 Å². The molecule has 0 spiro atoms. The number of hydrogen-bond donors (Lipinski definition) is 2. The molecule has 4 rings (SSSR count). The summed E-state index contributed by atoms with van der Waals surface area (Å²) >= 11 is 0. The van der Waals surface area contributed by atoms with Crippen LogP contribution in [-0.2, 0) is 17.8 Å². The summed E-state index contributed by atoms with van der Waals surface area (Å²) in [5.74, 6) is 0.151. The third kappa shape index (κ3) is 2.90. The van der Waals surface area contributed by atoms with Gasteiger partial charge in [0.25, 0.3) is 5.91 Å². The summed E-state index contributed by atoms with van der Waals surface area (Å²) in [5, 5.41) is 6.12. The molecule has 2 aromatic rings. The number of carbonyl (C=O) groups excluding carboxylic acids is 2. The van der Waals surface area contributed by atoms with Crippen LogP contribution in [0.5, 0.6) is 0 Å². The van der Waals surface area contributed by atoms with Crippen molar-refractivity contribution in [3.05, 3.63) is 64.7 Å². The normalized spacial score (nSPS) is 16.2. The van der Waals surface area contributed by atoms with Gasteiger partial charge in [-0.25, -0.2) is 4.79 Å². The minimum atomic E-state index is -0.336. The lowest BCUT2D eigenvalue weighted by atomic mass is 9.93. The van der Waals surface area contributed by atoms with Gasteiger partial charge in [-0.05, 0) is 55.3 Å². The second kappa shape index (κ2) is 6.09. The largest absolute Gasteiger partial charge is 0.457 e. The number of nitrogens with one attached hydrogen (secondary N) is 2. The third-order valence-electron chi connectivity index (χ3n) is 4.53. The molecule has 0 unspecified atom stereocenters. The van der Waals surface area contributed by atoms with Crippen LogP contribution in [0.2, 0.25) is 0 Å². The summed E-state index contributed by atoms with van der Waals surface area (Å²) in [7, 11) is 0. The monoisotopic (exact) mass is 322 g/mol. The van der Waals surface area contributed by atoms with Gasteiger partial charge in [-0.1, -0.05) is 18.2 Å². The number of carbonyl (C=O) groups is 2. The van der Waals surface area contributed by atoms with Crippen LogP contribution in [0.3, 0.4) is 0 Å². The van der Waals surface area contributed by atoms with Gasteiger partial charge in [0.05, 0.1) is 5.56 Å². The van der Waals surface area contributed by atoms with Crippen molar-refractivity contribution >= 4 is 17.6 Å². The number of anilines is 1. The van der Waals surface area contributed by atoms with E-state index in [0.29, 0.717) is 29.3 Å². The molecule has 0 bridgehead atoms. The maximum absolute atomic E-state index is 12.5. The first kappa shape index (κ1) is 14.9. The van der Waals surface area contributed by atoms with E-state index in [-0.39, 0.29) is 11.9 Å². The first-order chi connectivity index (χ1) is 11.7. The minimum absolute atomic E-state index is 0.171. The average Bonchev–Trinajstić information content (AvgIpc) is 2.92. The summed E-state index contributed by atoms with van der Waals surface area (Å²) in [6.07, 6.45) is 0.985. The van der Waals surface area contributed by atoms with E-state index in [4.69, 9.17) is 4.74 Å². The van der Waals surface area contributed by atoms with E-state index in [1.54, 1.807) is 18.2 Å². The van der Waals surface area contributed by atoms with Gasteiger partial charge in [-0.2, -0.15) is 0 Å². The van der Waals surface area contributed by atoms with E-state index in [0.717, 1.165) is 25.1 Å². The average molecular weight is 322 g/mol. The SMILES string of the molecule is O=C(Nc1ccc2c(c1)C(=O)OC2)c1cccc(CC2CNC2)c1. The Hall–Kier alpha value is -2.66. The van der Waals surface area contributed by atoms with Crippen molar-refractivity contribution in [2.24, 2.45) is 5.92 Å². The van der Waals surface area contributed by atoms with Crippen molar-refractivity contribution in [2.45, 2.75) is 13.0 Å². The summed E-state index contributed by atoms with van der Waals surface area (Å²) in [6, 6.07) is 13.0. The summed E-state index contributed by atoms with van der Waals surface area (Å²) in [4.78, 5) is 24.1. The Balaban J connectivity index is 1.49. The molecule has 5 heteroatoms. The fourth-order valence-electron chi connectivity index (χ4n) is 3.06. The maximum Gasteiger partial charge on any atom is 0.338 e. The summed E-state index contributed by atoms with van der Waals surface area (Å²) in [6.45, 7) is 2.39. The topological polar surface area (TPSA) is 67.4 Å². The van der Waals surface area contributed by atoms with Crippen LogP contribution in [0.1, 0.15) is 31.8 Å². The molecule has 1 saturated heterocycles. The fraction of sp³-hybridized carbons (Fsp3) is 0.263. The molecule has 0 aliphatic carbocycles. The number of ether oxygens (including phenoxy) is 1. The second-order valence-corrected chi connectivity index (χ2v) is 6.33. The van der Waals surface area contributed by atoms with Gasteiger partial charge in [-0.3, -0.25) is 4.79 Å². The molecular weight excluding hydrogens is 304 g/mol. The van der Waals surface area contributed by atoms with E-state index in [1.165, 1.54) is 5.56 Å². The lowest BCUT2D eigenvalue weighted by molar-refractivity contribution is 0.0535. The van der Waals surface area contributed by atoms with E-state index >= 15 is 0 Å². The van der Waals surface area contributed by atoms with E-state index in [2.05, 4.69) is 16.7 Å². The van der Waals surface area contributed by atoms with E-state index in [1.807, 2.05) is 18.2 Å². The predicted molar refractivity (Wildman–Crippen MR) is 90.0 cm³/mol. The molecule has 2 N–H and O–H groups in total. The molecule has 2 aliphatic rings. The van der Waals surface area contributed by atoms with Crippen molar-refractivity contribution in [3.8, 4) is 0 Å². The Morgan fingerprint density at radius 1 is 1.21 bits per heavy atom. The minimum Gasteiger partial charge on any atom is -0.457 e. The van der Waals surface area contributed by atoms with Crippen LogP contribution < -0.4 is 10.6 Å². The Labute approximate surface area is 140 Å². The number of hydrogen-bond acceptors (Lipinski definition) is 4. The van der Waals surface area contributed by atoms with Crippen molar-refractivity contribution in [2.75, 3.05) is 18.4 Å². The summed E-state index contributed by atoms with van der Waals surface area (Å²) in [5.41, 5.74) is 3.79. The van der Waals surface area contributed by atoms with Gasteiger partial charge >= 0.3 is 5.97 Å². The molecule has 2 aliphatic heterocycles. The highest BCUT2D eigenvalue weighted by atomic mass is 16.5. The highest BCUT2D eigenvalue weighted by molar-refractivity contribution is 6.05. The molecule has 24 heavy (non-hydrogen) atoms. The molecule has 1 amide bonds. The predicted octanol–water partition coefficient (Wildman–Crippen LogP) is 2.37. The van der Waals surface area contributed by atoms with Crippen LogP contribution in [-0.4, -0.2) is 25.0 Å². The van der Waals surface area contributed by atoms with Crippen molar-refractivity contribution in [1.82, 2.24) is 5.32 Å². The first-order valence-corrected chi connectivity index (χ1v) is 8.10. The van der Waals surface area contributed by atoms with Gasteiger partial charge in [0.15, 0.2) is 0 Å². The number of benzene rings is 2. The van der Waals surface area contributed by atoms with E-state index < -0.39 is 0 Å². The zero-order valence-electron chi connectivity index (χ0n) is 13.2. The zero-order chi connectivity index (χ0) is 16.5. The van der Waals surface area contributed by atoms with Crippen molar-refractivity contribution in [3.63, 3.8) is 0 Å². The van der Waals surface area contributed by atoms with Crippen LogP contribution in [0.4, 0.5) is 5.69 Å². The van der Waals surface area contributed by atoms with Gasteiger partial charge in [-0.15, -0.1) is 0 Å². The Morgan fingerprint density at radius 3 is 2.88 bits per heavy atom. The standard InChI is InChI=1S/C19H18N2O3/c22-18(14-3-1-2-12(7-14)6-13-9-20-10-13)21-16-5-4-15-11-24-19(23)17(15)8-16/h1-5,7-8,13,20H,6,9-11H2,(H,21,22). The molecule has 2 aromatic carbocycles. The van der Waals surface area contributed by atoms with Gasteiger partial charge in [0.1, 0.15) is 6.61 Å². The number of esters is 1. The van der Waals surface area contributed by atoms with Gasteiger partial charge < -0.3 is 15.4 Å². The Morgan fingerprint density at radius 2 is 2.08 bits per heavy atom. The smallest absolute Gasteiger partial charge is 0.338 e. The molecule has 122 valence electrons. The molecule has 0 radical (unpaired) electrons. The molecular formula is C19H18N2O3. The Kier molecular flexibility index (Phi) is 3.78. The highest BCUT2D eigenvalue weighted by Crippen LogP contribution is 2.24. The number of fused-ring (bicyclic) bond motifs is 1. The van der Waals surface area contributed by atoms with Gasteiger partial charge in [0.2, 0.25) is 0 Å². The van der Waals surface area contributed by atoms with Crippen LogP contribution in [0.25, 0.3) is 0 Å². The van der Waals surface area contributed by atoms with Crippen molar-refractivity contribution in [1.29, 1.82) is 0 Å². The zero-order valence-corrected chi connectivity index (χ0v) is 13.2. The Bertz CT molecular complexity index is 812. The third-order valence-corrected chi connectivity index (χ3v) is 4.53. The first-order valence-electron chi connectivity index (χ1n) is 8.10. The lowest BCUT2D eigenvalue weighted by Gasteiger charge is -2.27. The molecule has 5 nitrogen and oxygen atoms in total. The number of amides is 1. The molecule has 1 fully saturated rings. The van der Waals surface area contributed by atoms with E-state index in [9.17, 15) is 9.59 Å². The van der Waals surface area contributed by atoms with Crippen LogP contribution >= 0.6 is 0 Å². The molecule has 0 aromatic heterocycles. The molecule has 0 saturated carbocycles. The summed E-state index contributed by atoms with van der Waals surface area (Å²) < 4.78 is 4.98. The van der Waals surface area contributed by atoms with Crippen LogP contribution in [0, 0.1) is 5.92 Å². The highest BCUT2D eigenvalue weighted by Gasteiger charge is 2.22. The fourth-order valence-corrected chi connectivity index (χ4v) is 3.06.